The minimum absolute atomic E-state index is 0.0596. The van der Waals surface area contributed by atoms with Crippen LogP contribution in [0.3, 0.4) is 0 Å². The highest BCUT2D eigenvalue weighted by Crippen LogP contribution is 2.47. The van der Waals surface area contributed by atoms with Crippen LogP contribution in [0.5, 0.6) is 5.75 Å². The summed E-state index contributed by atoms with van der Waals surface area (Å²) >= 11 is 7.93. The normalized spacial score (nSPS) is 15.2. The summed E-state index contributed by atoms with van der Waals surface area (Å²) in [5.74, 6) is 1.30. The zero-order chi connectivity index (χ0) is 22.9. The van der Waals surface area contributed by atoms with Gasteiger partial charge < -0.3 is 4.74 Å². The largest absolute Gasteiger partial charge is 0.489 e. The number of hydrogen-bond acceptors (Lipinski definition) is 4. The van der Waals surface area contributed by atoms with Crippen LogP contribution in [0.1, 0.15) is 34.6 Å². The molecule has 7 heteroatoms. The Morgan fingerprint density at radius 2 is 1.73 bits per heavy atom. The number of benzene rings is 3. The Morgan fingerprint density at radius 3 is 2.45 bits per heavy atom. The third-order valence-corrected chi connectivity index (χ3v) is 7.05. The summed E-state index contributed by atoms with van der Waals surface area (Å²) in [4.78, 5) is 4.78. The minimum Gasteiger partial charge on any atom is -0.489 e. The van der Waals surface area contributed by atoms with Crippen LogP contribution in [0.4, 0.5) is 10.2 Å². The summed E-state index contributed by atoms with van der Waals surface area (Å²) in [5.41, 5.74) is 4.85. The van der Waals surface area contributed by atoms with E-state index in [4.69, 9.17) is 26.4 Å². The van der Waals surface area contributed by atoms with E-state index in [-0.39, 0.29) is 11.1 Å². The molecule has 0 N–H and O–H groups in total. The van der Waals surface area contributed by atoms with Gasteiger partial charge in [-0.05, 0) is 61.9 Å². The fourth-order valence-corrected chi connectivity index (χ4v) is 5.22. The van der Waals surface area contributed by atoms with Gasteiger partial charge in [0.2, 0.25) is 0 Å². The van der Waals surface area contributed by atoms with Crippen LogP contribution in [0, 0.1) is 12.7 Å². The van der Waals surface area contributed by atoms with Crippen LogP contribution < -0.4 is 4.74 Å². The van der Waals surface area contributed by atoms with Gasteiger partial charge in [-0.1, -0.05) is 53.7 Å². The second kappa shape index (κ2) is 9.04. The van der Waals surface area contributed by atoms with Crippen LogP contribution in [0.2, 0.25) is 5.02 Å². The monoisotopic (exact) mass is 477 g/mol. The Labute approximate surface area is 201 Å². The van der Waals surface area contributed by atoms with Gasteiger partial charge in [0.25, 0.3) is 0 Å². The van der Waals surface area contributed by atoms with Crippen molar-refractivity contribution in [1.29, 1.82) is 0 Å². The molecule has 4 aromatic rings. The van der Waals surface area contributed by atoms with Gasteiger partial charge in [-0.25, -0.2) is 14.1 Å². The third-order valence-electron chi connectivity index (χ3n) is 5.50. The molecule has 1 aliphatic heterocycles. The molecule has 33 heavy (non-hydrogen) atoms. The molecule has 1 aromatic heterocycles. The van der Waals surface area contributed by atoms with E-state index in [9.17, 15) is 4.39 Å². The number of thioether (sulfide) groups is 1. The molecular formula is C26H21ClFN3OS. The van der Waals surface area contributed by atoms with Gasteiger partial charge >= 0.3 is 0 Å². The molecular weight excluding hydrogens is 457 g/mol. The molecule has 1 atom stereocenters. The highest BCUT2D eigenvalue weighted by atomic mass is 35.5. The number of fused-ring (bicyclic) bond motifs is 1. The molecule has 1 aliphatic rings. The maximum Gasteiger partial charge on any atom is 0.161 e. The van der Waals surface area contributed by atoms with Crippen molar-refractivity contribution in [3.05, 3.63) is 106 Å². The van der Waals surface area contributed by atoms with Crippen molar-refractivity contribution < 1.29 is 9.13 Å². The second-order valence-corrected chi connectivity index (χ2v) is 9.49. The SMILES string of the molecule is CC1=Nc2c(c(C)nn2-c2ccc(F)cc2)C(c2ccc(OCc3ccccc3Cl)cc2)S1. The van der Waals surface area contributed by atoms with Crippen LogP contribution in [0.15, 0.2) is 77.8 Å². The first-order chi connectivity index (χ1) is 16.0. The lowest BCUT2D eigenvalue weighted by Gasteiger charge is -2.22. The van der Waals surface area contributed by atoms with Crippen molar-refractivity contribution >= 4 is 34.2 Å². The summed E-state index contributed by atoms with van der Waals surface area (Å²) < 4.78 is 21.2. The molecule has 4 nitrogen and oxygen atoms in total. The third kappa shape index (κ3) is 4.41. The van der Waals surface area contributed by atoms with Crippen molar-refractivity contribution in [3.63, 3.8) is 0 Å². The number of rotatable bonds is 5. The van der Waals surface area contributed by atoms with Gasteiger partial charge in [-0.3, -0.25) is 0 Å². The van der Waals surface area contributed by atoms with Crippen molar-refractivity contribution in [1.82, 2.24) is 9.78 Å². The molecule has 166 valence electrons. The van der Waals surface area contributed by atoms with E-state index in [1.54, 1.807) is 28.6 Å². The van der Waals surface area contributed by atoms with E-state index in [2.05, 4.69) is 12.1 Å². The number of ether oxygens (including phenoxy) is 1. The molecule has 3 aromatic carbocycles. The van der Waals surface area contributed by atoms with Crippen LogP contribution in [-0.4, -0.2) is 14.8 Å². The smallest absolute Gasteiger partial charge is 0.161 e. The number of aromatic nitrogens is 2. The van der Waals surface area contributed by atoms with Crippen LogP contribution in [0.25, 0.3) is 5.69 Å². The predicted molar refractivity (Wildman–Crippen MR) is 133 cm³/mol. The predicted octanol–water partition coefficient (Wildman–Crippen LogP) is 7.44. The minimum atomic E-state index is -0.276. The first-order valence-corrected chi connectivity index (χ1v) is 11.8. The summed E-state index contributed by atoms with van der Waals surface area (Å²) in [6, 6.07) is 22.1. The lowest BCUT2D eigenvalue weighted by molar-refractivity contribution is 0.306. The fraction of sp³-hybridized carbons (Fsp3) is 0.154. The Hall–Kier alpha value is -3.09. The molecule has 1 unspecified atom stereocenters. The van der Waals surface area contributed by atoms with Crippen LogP contribution in [-0.2, 0) is 6.61 Å². The van der Waals surface area contributed by atoms with E-state index in [0.717, 1.165) is 44.7 Å². The second-order valence-electron chi connectivity index (χ2n) is 7.79. The quantitative estimate of drug-likeness (QED) is 0.300. The van der Waals surface area contributed by atoms with Crippen molar-refractivity contribution in [3.8, 4) is 11.4 Å². The van der Waals surface area contributed by atoms with Crippen molar-refractivity contribution in [2.45, 2.75) is 25.7 Å². The highest BCUT2D eigenvalue weighted by Gasteiger charge is 2.30. The maximum atomic E-state index is 13.4. The van der Waals surface area contributed by atoms with Gasteiger partial charge in [-0.15, -0.1) is 0 Å². The van der Waals surface area contributed by atoms with Crippen molar-refractivity contribution in [2.24, 2.45) is 4.99 Å². The summed E-state index contributed by atoms with van der Waals surface area (Å²) in [6.07, 6.45) is 0. The van der Waals surface area contributed by atoms with Crippen LogP contribution >= 0.6 is 23.4 Å². The van der Waals surface area contributed by atoms with E-state index in [1.165, 1.54) is 12.1 Å². The highest BCUT2D eigenvalue weighted by molar-refractivity contribution is 8.14. The summed E-state index contributed by atoms with van der Waals surface area (Å²) in [7, 11) is 0. The first kappa shape index (κ1) is 21.7. The number of aryl methyl sites for hydroxylation is 1. The van der Waals surface area contributed by atoms with Gasteiger partial charge in [0.1, 0.15) is 18.2 Å². The molecule has 0 amide bonds. The number of halogens is 2. The maximum absolute atomic E-state index is 13.4. The Balaban J connectivity index is 1.42. The van der Waals surface area contributed by atoms with E-state index >= 15 is 0 Å². The molecule has 0 saturated carbocycles. The Bertz CT molecular complexity index is 1330. The van der Waals surface area contributed by atoms with Gasteiger partial charge in [0.05, 0.1) is 21.7 Å². The summed E-state index contributed by atoms with van der Waals surface area (Å²) in [6.45, 7) is 4.40. The van der Waals surface area contributed by atoms with E-state index < -0.39 is 0 Å². The van der Waals surface area contributed by atoms with Gasteiger partial charge in [-0.2, -0.15) is 5.10 Å². The molecule has 0 saturated heterocycles. The fourth-order valence-electron chi connectivity index (χ4n) is 3.86. The first-order valence-electron chi connectivity index (χ1n) is 10.5. The standard InChI is InChI=1S/C26H21ClFN3OS/c1-16-24-25(18-7-13-22(14-8-18)32-15-19-5-3-4-6-23(19)27)33-17(2)29-26(24)31(30-16)21-11-9-20(28)10-12-21/h3-14,25H,15H2,1-2H3. The number of aliphatic imine (C=N–C) groups is 1. The Kier molecular flexibility index (Phi) is 5.96. The zero-order valence-electron chi connectivity index (χ0n) is 18.1. The molecule has 5 rings (SSSR count). The Morgan fingerprint density at radius 1 is 1.00 bits per heavy atom. The van der Waals surface area contributed by atoms with E-state index in [1.807, 2.05) is 50.2 Å². The summed E-state index contributed by atoms with van der Waals surface area (Å²) in [5, 5.41) is 6.44. The molecule has 0 spiro atoms. The molecule has 0 aliphatic carbocycles. The zero-order valence-corrected chi connectivity index (χ0v) is 19.7. The number of hydrogen-bond donors (Lipinski definition) is 0. The molecule has 0 radical (unpaired) electrons. The average molecular weight is 478 g/mol. The number of nitrogens with zero attached hydrogens (tertiary/aromatic N) is 3. The van der Waals surface area contributed by atoms with Gasteiger partial charge in [0, 0.05) is 16.1 Å². The topological polar surface area (TPSA) is 39.4 Å². The van der Waals surface area contributed by atoms with Gasteiger partial charge in [0.15, 0.2) is 5.82 Å². The molecule has 0 bridgehead atoms. The average Bonchev–Trinajstić information content (AvgIpc) is 3.15. The molecule has 2 heterocycles. The van der Waals surface area contributed by atoms with Crippen molar-refractivity contribution in [2.75, 3.05) is 0 Å². The van der Waals surface area contributed by atoms with E-state index in [0.29, 0.717) is 11.6 Å². The lowest BCUT2D eigenvalue weighted by atomic mass is 10.0. The lowest BCUT2D eigenvalue weighted by Crippen LogP contribution is -2.06. The molecule has 0 fully saturated rings.